The smallest absolute Gasteiger partial charge is 0.255 e. The molecule has 2 aromatic carbocycles. The van der Waals surface area contributed by atoms with Crippen LogP contribution < -0.4 is 10.1 Å². The highest BCUT2D eigenvalue weighted by Crippen LogP contribution is 2.17. The number of amides is 1. The maximum atomic E-state index is 12.5. The zero-order chi connectivity index (χ0) is 19.1. The Morgan fingerprint density at radius 1 is 1.00 bits per heavy atom. The molecule has 5 nitrogen and oxygen atoms in total. The number of rotatable bonds is 7. The largest absolute Gasteiger partial charge is 0.496 e. The number of hydrogen-bond acceptors (Lipinski definition) is 4. The second-order valence-corrected chi connectivity index (χ2v) is 7.14. The zero-order valence-corrected chi connectivity index (χ0v) is 16.2. The number of methoxy groups -OCH3 is 1. The van der Waals surface area contributed by atoms with Gasteiger partial charge in [0.1, 0.15) is 5.75 Å². The van der Waals surface area contributed by atoms with E-state index in [1.54, 1.807) is 13.2 Å². The van der Waals surface area contributed by atoms with Crippen LogP contribution in [0.4, 0.5) is 0 Å². The first kappa shape index (κ1) is 19.4. The van der Waals surface area contributed by atoms with Gasteiger partial charge in [-0.25, -0.2) is 0 Å². The van der Waals surface area contributed by atoms with Crippen LogP contribution in [0.25, 0.3) is 0 Å². The molecular weight excluding hydrogens is 338 g/mol. The third kappa shape index (κ3) is 5.55. The highest BCUT2D eigenvalue weighted by Gasteiger charge is 2.20. The number of ether oxygens (including phenoxy) is 1. The zero-order valence-electron chi connectivity index (χ0n) is 16.2. The van der Waals surface area contributed by atoms with Crippen LogP contribution in [-0.2, 0) is 6.54 Å². The Balaban J connectivity index is 1.44. The van der Waals surface area contributed by atoms with E-state index in [9.17, 15) is 4.79 Å². The summed E-state index contributed by atoms with van der Waals surface area (Å²) in [6.07, 6.45) is 0. The number of hydrogen-bond donors (Lipinski definition) is 1. The summed E-state index contributed by atoms with van der Waals surface area (Å²) in [6.45, 7) is 8.10. The predicted octanol–water partition coefficient (Wildman–Crippen LogP) is 2.63. The van der Waals surface area contributed by atoms with Crippen molar-refractivity contribution >= 4 is 5.91 Å². The highest BCUT2D eigenvalue weighted by atomic mass is 16.5. The summed E-state index contributed by atoms with van der Waals surface area (Å²) in [5, 5.41) is 3.10. The lowest BCUT2D eigenvalue weighted by Gasteiger charge is -2.36. The van der Waals surface area contributed by atoms with Crippen molar-refractivity contribution in [3.8, 4) is 5.75 Å². The molecule has 2 aromatic rings. The van der Waals surface area contributed by atoms with Gasteiger partial charge in [0.05, 0.1) is 12.7 Å². The number of para-hydroxylation sites is 1. The van der Waals surface area contributed by atoms with Gasteiger partial charge in [-0.1, -0.05) is 42.5 Å². The van der Waals surface area contributed by atoms with E-state index in [2.05, 4.69) is 52.4 Å². The minimum atomic E-state index is -0.0809. The van der Waals surface area contributed by atoms with Crippen LogP contribution >= 0.6 is 0 Å². The fourth-order valence-electron chi connectivity index (χ4n) is 3.54. The summed E-state index contributed by atoms with van der Waals surface area (Å²) in [4.78, 5) is 17.4. The lowest BCUT2D eigenvalue weighted by Crippen LogP contribution is -2.50. The van der Waals surface area contributed by atoms with E-state index in [-0.39, 0.29) is 11.9 Å². The molecule has 1 heterocycles. The van der Waals surface area contributed by atoms with E-state index in [1.807, 2.05) is 18.2 Å². The summed E-state index contributed by atoms with van der Waals surface area (Å²) in [5.41, 5.74) is 1.95. The molecule has 0 spiro atoms. The summed E-state index contributed by atoms with van der Waals surface area (Å²) >= 11 is 0. The summed E-state index contributed by atoms with van der Waals surface area (Å²) in [7, 11) is 1.59. The van der Waals surface area contributed by atoms with Gasteiger partial charge in [0.25, 0.3) is 5.91 Å². The minimum absolute atomic E-state index is 0.0809. The van der Waals surface area contributed by atoms with Gasteiger partial charge in [0, 0.05) is 45.3 Å². The van der Waals surface area contributed by atoms with E-state index in [0.717, 1.165) is 39.3 Å². The maximum absolute atomic E-state index is 12.5. The Kier molecular flexibility index (Phi) is 6.85. The van der Waals surface area contributed by atoms with Crippen LogP contribution in [0.2, 0.25) is 0 Å². The molecule has 1 atom stereocenters. The molecule has 27 heavy (non-hydrogen) atoms. The summed E-state index contributed by atoms with van der Waals surface area (Å²) in [5.74, 6) is 0.527. The van der Waals surface area contributed by atoms with Gasteiger partial charge in [-0.05, 0) is 24.6 Å². The molecule has 0 unspecified atom stereocenters. The van der Waals surface area contributed by atoms with Gasteiger partial charge < -0.3 is 10.1 Å². The van der Waals surface area contributed by atoms with Crippen LogP contribution in [-0.4, -0.2) is 61.6 Å². The van der Waals surface area contributed by atoms with Crippen molar-refractivity contribution < 1.29 is 9.53 Å². The van der Waals surface area contributed by atoms with Crippen LogP contribution in [0, 0.1) is 0 Å². The summed E-state index contributed by atoms with van der Waals surface area (Å²) < 4.78 is 5.28. The number of piperazine rings is 1. The highest BCUT2D eigenvalue weighted by molar-refractivity contribution is 5.97. The van der Waals surface area contributed by atoms with Gasteiger partial charge in [0.15, 0.2) is 0 Å². The molecule has 3 rings (SSSR count). The van der Waals surface area contributed by atoms with Crippen molar-refractivity contribution in [2.45, 2.75) is 19.5 Å². The number of carbonyl (C=O) groups excluding carboxylic acids is 1. The topological polar surface area (TPSA) is 44.8 Å². The van der Waals surface area contributed by atoms with E-state index >= 15 is 0 Å². The molecule has 0 bridgehead atoms. The third-order valence-electron chi connectivity index (χ3n) is 4.98. The molecular formula is C22H29N3O2. The molecule has 1 amide bonds. The SMILES string of the molecule is COc1ccccc1C(=O)N[C@@H](C)CN1CCN(Cc2ccccc2)CC1. The molecule has 1 fully saturated rings. The molecule has 144 valence electrons. The summed E-state index contributed by atoms with van der Waals surface area (Å²) in [6, 6.07) is 18.0. The van der Waals surface area contributed by atoms with Gasteiger partial charge in [0.2, 0.25) is 0 Å². The van der Waals surface area contributed by atoms with Crippen molar-refractivity contribution in [3.05, 3.63) is 65.7 Å². The Morgan fingerprint density at radius 2 is 1.63 bits per heavy atom. The monoisotopic (exact) mass is 367 g/mol. The van der Waals surface area contributed by atoms with E-state index in [1.165, 1.54) is 5.56 Å². The maximum Gasteiger partial charge on any atom is 0.255 e. The average Bonchev–Trinajstić information content (AvgIpc) is 2.70. The Bertz CT molecular complexity index is 727. The number of benzene rings is 2. The van der Waals surface area contributed by atoms with Gasteiger partial charge in [-0.15, -0.1) is 0 Å². The van der Waals surface area contributed by atoms with Crippen LogP contribution in [0.5, 0.6) is 5.75 Å². The number of carbonyl (C=O) groups is 1. The number of nitrogens with zero attached hydrogens (tertiary/aromatic N) is 2. The fourth-order valence-corrected chi connectivity index (χ4v) is 3.54. The van der Waals surface area contributed by atoms with Crippen LogP contribution in [0.1, 0.15) is 22.8 Å². The van der Waals surface area contributed by atoms with Crippen LogP contribution in [0.15, 0.2) is 54.6 Å². The van der Waals surface area contributed by atoms with E-state index in [4.69, 9.17) is 4.74 Å². The molecule has 0 aromatic heterocycles. The first-order valence-electron chi connectivity index (χ1n) is 9.58. The van der Waals surface area contributed by atoms with E-state index < -0.39 is 0 Å². The Morgan fingerprint density at radius 3 is 2.33 bits per heavy atom. The van der Waals surface area contributed by atoms with Crippen molar-refractivity contribution in [2.75, 3.05) is 39.8 Å². The number of nitrogens with one attached hydrogen (secondary N) is 1. The quantitative estimate of drug-likeness (QED) is 0.817. The van der Waals surface area contributed by atoms with Gasteiger partial charge >= 0.3 is 0 Å². The molecule has 0 saturated carbocycles. The van der Waals surface area contributed by atoms with Crippen molar-refractivity contribution in [3.63, 3.8) is 0 Å². The standard InChI is InChI=1S/C22H29N3O2/c1-18(23-22(26)20-10-6-7-11-21(20)27-2)16-24-12-14-25(15-13-24)17-19-8-4-3-5-9-19/h3-11,18H,12-17H2,1-2H3,(H,23,26)/t18-/m0/s1. The minimum Gasteiger partial charge on any atom is -0.496 e. The average molecular weight is 367 g/mol. The second kappa shape index (κ2) is 9.53. The molecule has 1 aliphatic rings. The van der Waals surface area contributed by atoms with E-state index in [0.29, 0.717) is 11.3 Å². The van der Waals surface area contributed by atoms with Crippen molar-refractivity contribution in [2.24, 2.45) is 0 Å². The third-order valence-corrected chi connectivity index (χ3v) is 4.98. The molecule has 1 aliphatic heterocycles. The van der Waals surface area contributed by atoms with Gasteiger partial charge in [-0.2, -0.15) is 0 Å². The van der Waals surface area contributed by atoms with Crippen molar-refractivity contribution in [1.82, 2.24) is 15.1 Å². The molecule has 1 saturated heterocycles. The predicted molar refractivity (Wildman–Crippen MR) is 108 cm³/mol. The molecule has 0 radical (unpaired) electrons. The second-order valence-electron chi connectivity index (χ2n) is 7.14. The van der Waals surface area contributed by atoms with Crippen LogP contribution in [0.3, 0.4) is 0 Å². The molecule has 1 N–H and O–H groups in total. The Hall–Kier alpha value is -2.37. The van der Waals surface area contributed by atoms with Gasteiger partial charge in [-0.3, -0.25) is 14.6 Å². The molecule has 5 heteroatoms. The Labute approximate surface area is 161 Å². The van der Waals surface area contributed by atoms with Crippen molar-refractivity contribution in [1.29, 1.82) is 0 Å². The lowest BCUT2D eigenvalue weighted by molar-refractivity contribution is 0.0898. The molecule has 0 aliphatic carbocycles. The first-order valence-corrected chi connectivity index (χ1v) is 9.58. The first-order chi connectivity index (χ1) is 13.2. The fraction of sp³-hybridized carbons (Fsp3) is 0.409. The normalized spacial score (nSPS) is 16.7. The lowest BCUT2D eigenvalue weighted by atomic mass is 10.1.